The maximum Gasteiger partial charge on any atom is 0.228 e. The van der Waals surface area contributed by atoms with Crippen LogP contribution < -0.4 is 10.6 Å². The predicted octanol–water partition coefficient (Wildman–Crippen LogP) is 3.47. The van der Waals surface area contributed by atoms with E-state index in [-0.39, 0.29) is 24.3 Å². The van der Waals surface area contributed by atoms with E-state index in [0.717, 1.165) is 16.3 Å². The summed E-state index contributed by atoms with van der Waals surface area (Å²) in [5.74, 6) is -0.369. The summed E-state index contributed by atoms with van der Waals surface area (Å²) in [6.45, 7) is 1.44. The van der Waals surface area contributed by atoms with E-state index < -0.39 is 0 Å². The summed E-state index contributed by atoms with van der Waals surface area (Å²) >= 11 is 2.85. The summed E-state index contributed by atoms with van der Waals surface area (Å²) in [7, 11) is 0. The van der Waals surface area contributed by atoms with E-state index in [2.05, 4.69) is 20.6 Å². The smallest absolute Gasteiger partial charge is 0.228 e. The number of anilines is 1. The van der Waals surface area contributed by atoms with Gasteiger partial charge in [-0.2, -0.15) is 0 Å². The molecule has 3 heterocycles. The van der Waals surface area contributed by atoms with E-state index in [1.807, 2.05) is 41.1 Å². The second kappa shape index (κ2) is 8.00. The number of thiazole rings is 1. The van der Waals surface area contributed by atoms with Crippen LogP contribution in [0.4, 0.5) is 5.13 Å². The highest BCUT2D eigenvalue weighted by Crippen LogP contribution is 2.25. The minimum Gasteiger partial charge on any atom is -0.348 e. The fourth-order valence-electron chi connectivity index (χ4n) is 2.28. The minimum atomic E-state index is -0.340. The lowest BCUT2D eigenvalue weighted by atomic mass is 10.1. The van der Waals surface area contributed by atoms with Crippen LogP contribution in [0, 0.1) is 0 Å². The van der Waals surface area contributed by atoms with Gasteiger partial charge in [-0.05, 0) is 23.6 Å². The van der Waals surface area contributed by atoms with Crippen molar-refractivity contribution in [2.45, 2.75) is 19.4 Å². The van der Waals surface area contributed by atoms with E-state index in [0.29, 0.717) is 5.13 Å². The summed E-state index contributed by atoms with van der Waals surface area (Å²) in [6.07, 6.45) is 1.85. The Hall–Kier alpha value is -2.58. The van der Waals surface area contributed by atoms with Crippen LogP contribution in [-0.4, -0.2) is 21.8 Å². The first-order valence-electron chi connectivity index (χ1n) is 7.59. The summed E-state index contributed by atoms with van der Waals surface area (Å²) < 4.78 is 0. The quantitative estimate of drug-likeness (QED) is 0.694. The molecule has 8 heteroatoms. The van der Waals surface area contributed by atoms with Crippen molar-refractivity contribution < 1.29 is 9.59 Å². The highest BCUT2D eigenvalue weighted by molar-refractivity contribution is 7.14. The zero-order valence-corrected chi connectivity index (χ0v) is 15.1. The molecule has 0 spiro atoms. The summed E-state index contributed by atoms with van der Waals surface area (Å²) in [5, 5.41) is 9.89. The van der Waals surface area contributed by atoms with Crippen molar-refractivity contribution in [2.75, 3.05) is 5.32 Å². The lowest BCUT2D eigenvalue weighted by molar-refractivity contribution is -0.120. The van der Waals surface area contributed by atoms with E-state index in [4.69, 9.17) is 0 Å². The van der Waals surface area contributed by atoms with Gasteiger partial charge in [0.05, 0.1) is 18.2 Å². The number of nitrogens with one attached hydrogen (secondary N) is 2. The van der Waals surface area contributed by atoms with Crippen LogP contribution in [0.1, 0.15) is 24.3 Å². The monoisotopic (exact) mass is 372 g/mol. The van der Waals surface area contributed by atoms with Crippen molar-refractivity contribution in [3.8, 4) is 11.4 Å². The number of carbonyl (C=O) groups is 2. The van der Waals surface area contributed by atoms with Gasteiger partial charge < -0.3 is 10.6 Å². The van der Waals surface area contributed by atoms with Gasteiger partial charge in [-0.15, -0.1) is 22.7 Å². The van der Waals surface area contributed by atoms with Crippen molar-refractivity contribution in [1.29, 1.82) is 0 Å². The molecule has 0 unspecified atom stereocenters. The summed E-state index contributed by atoms with van der Waals surface area (Å²) in [4.78, 5) is 33.3. The second-order valence-corrected chi connectivity index (χ2v) is 7.11. The van der Waals surface area contributed by atoms with E-state index in [1.165, 1.54) is 29.6 Å². The normalized spacial score (nSPS) is 11.7. The molecule has 0 aliphatic heterocycles. The van der Waals surface area contributed by atoms with Crippen LogP contribution in [0.15, 0.2) is 47.3 Å². The van der Waals surface area contributed by atoms with Gasteiger partial charge in [-0.25, -0.2) is 4.98 Å². The molecule has 2 amide bonds. The largest absolute Gasteiger partial charge is 0.348 e. The highest BCUT2D eigenvalue weighted by atomic mass is 32.1. The van der Waals surface area contributed by atoms with Crippen LogP contribution >= 0.6 is 22.7 Å². The van der Waals surface area contributed by atoms with Crippen molar-refractivity contribution in [2.24, 2.45) is 0 Å². The molecule has 0 aromatic carbocycles. The fourth-order valence-corrected chi connectivity index (χ4v) is 3.77. The summed E-state index contributed by atoms with van der Waals surface area (Å²) in [6, 6.07) is 9.05. The van der Waals surface area contributed by atoms with Gasteiger partial charge in [0.1, 0.15) is 5.69 Å². The molecule has 6 nitrogen and oxygen atoms in total. The van der Waals surface area contributed by atoms with Gasteiger partial charge >= 0.3 is 0 Å². The molecule has 128 valence electrons. The number of thiophene rings is 1. The van der Waals surface area contributed by atoms with Crippen LogP contribution in [-0.2, 0) is 9.59 Å². The molecule has 3 aromatic heterocycles. The molecule has 0 saturated heterocycles. The van der Waals surface area contributed by atoms with Crippen LogP contribution in [0.2, 0.25) is 0 Å². The lowest BCUT2D eigenvalue weighted by Gasteiger charge is -2.15. The first-order chi connectivity index (χ1) is 12.1. The molecule has 3 rings (SSSR count). The standard InChI is InChI=1S/C17H16N4O2S2/c1-11(22)19-13(15-6-4-8-24-15)9-16(23)21-17-20-14(10-25-17)12-5-2-3-7-18-12/h2-8,10,13H,9H2,1H3,(H,19,22)(H,20,21,23)/t13-/m0/s1. The Balaban J connectivity index is 1.65. The van der Waals surface area contributed by atoms with E-state index in [1.54, 1.807) is 6.20 Å². The molecule has 2 N–H and O–H groups in total. The first kappa shape index (κ1) is 17.2. The third-order valence-corrected chi connectivity index (χ3v) is 5.08. The maximum absolute atomic E-state index is 12.3. The highest BCUT2D eigenvalue weighted by Gasteiger charge is 2.19. The molecule has 25 heavy (non-hydrogen) atoms. The number of amides is 2. The average molecular weight is 372 g/mol. The fraction of sp³-hybridized carbons (Fsp3) is 0.176. The van der Waals surface area contributed by atoms with E-state index >= 15 is 0 Å². The second-order valence-electron chi connectivity index (χ2n) is 5.27. The summed E-state index contributed by atoms with van der Waals surface area (Å²) in [5.41, 5.74) is 1.48. The molecule has 0 aliphatic carbocycles. The van der Waals surface area contributed by atoms with E-state index in [9.17, 15) is 9.59 Å². The zero-order valence-electron chi connectivity index (χ0n) is 13.4. The number of rotatable bonds is 6. The molecule has 0 saturated carbocycles. The molecule has 0 radical (unpaired) electrons. The van der Waals surface area contributed by atoms with Crippen LogP contribution in [0.25, 0.3) is 11.4 Å². The number of hydrogen-bond donors (Lipinski definition) is 2. The SMILES string of the molecule is CC(=O)N[C@@H](CC(=O)Nc1nc(-c2ccccn2)cs1)c1cccs1. The minimum absolute atomic E-state index is 0.151. The third kappa shape index (κ3) is 4.71. The molecule has 0 fully saturated rings. The molecular formula is C17H16N4O2S2. The van der Waals surface area contributed by atoms with Gasteiger partial charge in [0, 0.05) is 23.4 Å². The number of pyridine rings is 1. The van der Waals surface area contributed by atoms with Crippen LogP contribution in [0.5, 0.6) is 0 Å². The van der Waals surface area contributed by atoms with Gasteiger partial charge in [0.25, 0.3) is 0 Å². The predicted molar refractivity (Wildman–Crippen MR) is 99.5 cm³/mol. The van der Waals surface area contributed by atoms with Gasteiger partial charge in [0.15, 0.2) is 5.13 Å². The van der Waals surface area contributed by atoms with Crippen LogP contribution in [0.3, 0.4) is 0 Å². The number of hydrogen-bond acceptors (Lipinski definition) is 6. The first-order valence-corrected chi connectivity index (χ1v) is 9.35. The van der Waals surface area contributed by atoms with Crippen molar-refractivity contribution in [1.82, 2.24) is 15.3 Å². The molecule has 0 aliphatic rings. The number of aromatic nitrogens is 2. The van der Waals surface area contributed by atoms with Crippen molar-refractivity contribution in [3.05, 3.63) is 52.2 Å². The Morgan fingerprint density at radius 3 is 2.72 bits per heavy atom. The molecule has 0 bridgehead atoms. The maximum atomic E-state index is 12.3. The molecule has 3 aromatic rings. The zero-order chi connectivity index (χ0) is 17.6. The molecule has 1 atom stereocenters. The Kier molecular flexibility index (Phi) is 5.52. The number of carbonyl (C=O) groups excluding carboxylic acids is 2. The molecular weight excluding hydrogens is 356 g/mol. The van der Waals surface area contributed by atoms with Gasteiger partial charge in [0.2, 0.25) is 11.8 Å². The Labute approximate surface area is 153 Å². The Morgan fingerprint density at radius 1 is 1.16 bits per heavy atom. The Morgan fingerprint density at radius 2 is 2.04 bits per heavy atom. The number of nitrogens with zero attached hydrogens (tertiary/aromatic N) is 2. The van der Waals surface area contributed by atoms with Gasteiger partial charge in [-0.3, -0.25) is 14.6 Å². The lowest BCUT2D eigenvalue weighted by Crippen LogP contribution is -2.29. The topological polar surface area (TPSA) is 84.0 Å². The third-order valence-electron chi connectivity index (χ3n) is 3.33. The van der Waals surface area contributed by atoms with Gasteiger partial charge in [-0.1, -0.05) is 12.1 Å². The Bertz CT molecular complexity index is 847. The van der Waals surface area contributed by atoms with Crippen molar-refractivity contribution in [3.63, 3.8) is 0 Å². The average Bonchev–Trinajstić information content (AvgIpc) is 3.26. The van der Waals surface area contributed by atoms with Crippen molar-refractivity contribution >= 4 is 39.6 Å².